The molecule has 1 aromatic heterocycles. The molecule has 118 valence electrons. The van der Waals surface area contributed by atoms with Crippen LogP contribution >= 0.6 is 0 Å². The van der Waals surface area contributed by atoms with Crippen LogP contribution in [-0.2, 0) is 13.5 Å². The number of hydrogen-bond donors (Lipinski definition) is 1. The molecule has 0 spiro atoms. The number of amides is 1. The Hall–Kier alpha value is -2.96. The van der Waals surface area contributed by atoms with Gasteiger partial charge < -0.3 is 10.1 Å². The summed E-state index contributed by atoms with van der Waals surface area (Å²) < 4.78 is 5.45. The summed E-state index contributed by atoms with van der Waals surface area (Å²) >= 11 is 0. The highest BCUT2D eigenvalue weighted by atomic mass is 16.5. The number of aryl methyl sites for hydroxylation is 1. The number of methoxy groups -OCH3 is 1. The van der Waals surface area contributed by atoms with Crippen LogP contribution in [0, 0.1) is 0 Å². The van der Waals surface area contributed by atoms with Crippen molar-refractivity contribution in [3.8, 4) is 5.75 Å². The van der Waals surface area contributed by atoms with Gasteiger partial charge in [-0.15, -0.1) is 10.2 Å². The maximum atomic E-state index is 11.9. The molecule has 0 aliphatic heterocycles. The third kappa shape index (κ3) is 3.13. The van der Waals surface area contributed by atoms with Crippen LogP contribution in [0.2, 0.25) is 0 Å². The first-order valence-corrected chi connectivity index (χ1v) is 7.26. The molecule has 3 aromatic rings. The van der Waals surface area contributed by atoms with E-state index in [1.807, 2.05) is 24.3 Å². The maximum absolute atomic E-state index is 11.9. The second-order valence-electron chi connectivity index (χ2n) is 5.08. The second-order valence-corrected chi connectivity index (χ2v) is 5.08. The fraction of sp³-hybridized carbons (Fsp3) is 0.250. The first kappa shape index (κ1) is 15.0. The highest BCUT2D eigenvalue weighted by molar-refractivity contribution is 5.90. The predicted octanol–water partition coefficient (Wildman–Crippen LogP) is 1.34. The minimum Gasteiger partial charge on any atom is -0.496 e. The van der Waals surface area contributed by atoms with E-state index in [4.69, 9.17) is 4.74 Å². The average Bonchev–Trinajstić information content (AvgIpc) is 3.01. The smallest absolute Gasteiger partial charge is 0.292 e. The molecule has 7 heteroatoms. The summed E-state index contributed by atoms with van der Waals surface area (Å²) in [6, 6.07) is 12.1. The molecule has 0 aliphatic rings. The molecule has 0 atom stereocenters. The van der Waals surface area contributed by atoms with Crippen molar-refractivity contribution < 1.29 is 9.53 Å². The zero-order chi connectivity index (χ0) is 16.2. The number of ether oxygens (including phenoxy) is 1. The largest absolute Gasteiger partial charge is 0.496 e. The number of carbonyl (C=O) groups excluding carboxylic acids is 1. The van der Waals surface area contributed by atoms with Crippen molar-refractivity contribution >= 4 is 16.7 Å². The monoisotopic (exact) mass is 311 g/mol. The number of nitrogens with one attached hydrogen (secondary N) is 1. The number of tetrazole rings is 1. The Labute approximate surface area is 133 Å². The Morgan fingerprint density at radius 3 is 2.83 bits per heavy atom. The molecule has 1 N–H and O–H groups in total. The summed E-state index contributed by atoms with van der Waals surface area (Å²) in [5, 5.41) is 16.3. The van der Waals surface area contributed by atoms with Gasteiger partial charge in [0.1, 0.15) is 5.75 Å². The van der Waals surface area contributed by atoms with Crippen molar-refractivity contribution in [2.24, 2.45) is 7.05 Å². The minimum atomic E-state index is -0.336. The molecule has 0 fully saturated rings. The van der Waals surface area contributed by atoms with Gasteiger partial charge in [0.05, 0.1) is 14.2 Å². The molecule has 0 saturated heterocycles. The Morgan fingerprint density at radius 2 is 2.09 bits per heavy atom. The van der Waals surface area contributed by atoms with E-state index in [1.165, 1.54) is 4.80 Å². The first-order chi connectivity index (χ1) is 11.2. The van der Waals surface area contributed by atoms with Crippen LogP contribution in [-0.4, -0.2) is 39.8 Å². The van der Waals surface area contributed by atoms with Crippen molar-refractivity contribution in [2.45, 2.75) is 6.42 Å². The van der Waals surface area contributed by atoms with E-state index < -0.39 is 0 Å². The standard InChI is InChI=1S/C16H17N5O2/c1-21-19-15(18-20-21)16(22)17-10-9-13-12-6-4-3-5-11(12)7-8-14(13)23-2/h3-8H,9-10H2,1-2H3,(H,17,22). The molecule has 0 aliphatic carbocycles. The molecular formula is C16H17N5O2. The SMILES string of the molecule is COc1ccc2ccccc2c1CCNC(=O)c1nnn(C)n1. The van der Waals surface area contributed by atoms with Gasteiger partial charge in [-0.1, -0.05) is 30.3 Å². The van der Waals surface area contributed by atoms with Crippen LogP contribution in [0.25, 0.3) is 10.8 Å². The minimum absolute atomic E-state index is 0.0670. The number of hydrogen-bond acceptors (Lipinski definition) is 5. The third-order valence-corrected chi connectivity index (χ3v) is 3.59. The highest BCUT2D eigenvalue weighted by Crippen LogP contribution is 2.28. The number of rotatable bonds is 5. The highest BCUT2D eigenvalue weighted by Gasteiger charge is 2.13. The van der Waals surface area contributed by atoms with Gasteiger partial charge in [0, 0.05) is 12.1 Å². The zero-order valence-electron chi connectivity index (χ0n) is 13.0. The number of fused-ring (bicyclic) bond motifs is 1. The quantitative estimate of drug-likeness (QED) is 0.769. The summed E-state index contributed by atoms with van der Waals surface area (Å²) in [4.78, 5) is 13.2. The van der Waals surface area contributed by atoms with Gasteiger partial charge in [-0.05, 0) is 28.5 Å². The topological polar surface area (TPSA) is 81.9 Å². The van der Waals surface area contributed by atoms with Gasteiger partial charge in [-0.25, -0.2) is 0 Å². The van der Waals surface area contributed by atoms with Gasteiger partial charge >= 0.3 is 0 Å². The van der Waals surface area contributed by atoms with Crippen molar-refractivity contribution in [3.05, 3.63) is 47.8 Å². The van der Waals surface area contributed by atoms with E-state index in [1.54, 1.807) is 14.2 Å². The summed E-state index contributed by atoms with van der Waals surface area (Å²) in [7, 11) is 3.26. The van der Waals surface area contributed by atoms with E-state index in [2.05, 4.69) is 32.9 Å². The van der Waals surface area contributed by atoms with Crippen molar-refractivity contribution in [2.75, 3.05) is 13.7 Å². The van der Waals surface area contributed by atoms with Gasteiger partial charge in [0.25, 0.3) is 11.7 Å². The van der Waals surface area contributed by atoms with Gasteiger partial charge in [0.2, 0.25) is 0 Å². The molecule has 1 amide bonds. The van der Waals surface area contributed by atoms with Crippen molar-refractivity contribution in [1.82, 2.24) is 25.5 Å². The number of carbonyl (C=O) groups is 1. The van der Waals surface area contributed by atoms with E-state index in [-0.39, 0.29) is 11.7 Å². The molecule has 3 rings (SSSR count). The second kappa shape index (κ2) is 6.43. The lowest BCUT2D eigenvalue weighted by atomic mass is 10.0. The molecule has 7 nitrogen and oxygen atoms in total. The summed E-state index contributed by atoms with van der Waals surface area (Å²) in [5.74, 6) is 0.547. The van der Waals surface area contributed by atoms with Crippen molar-refractivity contribution in [1.29, 1.82) is 0 Å². The third-order valence-electron chi connectivity index (χ3n) is 3.59. The molecular weight excluding hydrogens is 294 g/mol. The number of aromatic nitrogens is 4. The molecule has 0 saturated carbocycles. The fourth-order valence-electron chi connectivity index (χ4n) is 2.52. The average molecular weight is 311 g/mol. The molecule has 1 heterocycles. The van der Waals surface area contributed by atoms with Crippen LogP contribution in [0.1, 0.15) is 16.2 Å². The normalized spacial score (nSPS) is 10.7. The van der Waals surface area contributed by atoms with E-state index in [9.17, 15) is 4.79 Å². The Kier molecular flexibility index (Phi) is 4.18. The van der Waals surface area contributed by atoms with Crippen molar-refractivity contribution in [3.63, 3.8) is 0 Å². The lowest BCUT2D eigenvalue weighted by molar-refractivity contribution is 0.0943. The van der Waals surface area contributed by atoms with Crippen LogP contribution in [0.3, 0.4) is 0 Å². The molecule has 0 unspecified atom stereocenters. The summed E-state index contributed by atoms with van der Waals surface area (Å²) in [6.07, 6.45) is 0.649. The summed E-state index contributed by atoms with van der Waals surface area (Å²) in [5.41, 5.74) is 1.07. The predicted molar refractivity (Wildman–Crippen MR) is 85.3 cm³/mol. The lowest BCUT2D eigenvalue weighted by Gasteiger charge is -2.12. The molecule has 0 radical (unpaired) electrons. The Balaban J connectivity index is 1.75. The van der Waals surface area contributed by atoms with Gasteiger partial charge in [-0.3, -0.25) is 4.79 Å². The molecule has 0 bridgehead atoms. The van der Waals surface area contributed by atoms with Crippen LogP contribution in [0.15, 0.2) is 36.4 Å². The summed E-state index contributed by atoms with van der Waals surface area (Å²) in [6.45, 7) is 0.460. The van der Waals surface area contributed by atoms with E-state index in [0.717, 1.165) is 22.1 Å². The van der Waals surface area contributed by atoms with Crippen LogP contribution in [0.5, 0.6) is 5.75 Å². The van der Waals surface area contributed by atoms with E-state index in [0.29, 0.717) is 13.0 Å². The lowest BCUT2D eigenvalue weighted by Crippen LogP contribution is -2.27. The van der Waals surface area contributed by atoms with Gasteiger partial charge in [-0.2, -0.15) is 4.80 Å². The van der Waals surface area contributed by atoms with E-state index >= 15 is 0 Å². The Morgan fingerprint density at radius 1 is 1.26 bits per heavy atom. The number of benzene rings is 2. The molecule has 23 heavy (non-hydrogen) atoms. The fourth-order valence-corrected chi connectivity index (χ4v) is 2.52. The number of nitrogens with zero attached hydrogens (tertiary/aromatic N) is 4. The Bertz CT molecular complexity index is 843. The maximum Gasteiger partial charge on any atom is 0.292 e. The van der Waals surface area contributed by atoms with Crippen LogP contribution in [0.4, 0.5) is 0 Å². The molecule has 2 aromatic carbocycles. The zero-order valence-corrected chi connectivity index (χ0v) is 13.0. The first-order valence-electron chi connectivity index (χ1n) is 7.26. The van der Waals surface area contributed by atoms with Crippen LogP contribution < -0.4 is 10.1 Å². The van der Waals surface area contributed by atoms with Gasteiger partial charge in [0.15, 0.2) is 0 Å².